The smallest absolute Gasteiger partial charge is 0.261 e. The molecule has 0 aliphatic rings. The molecule has 0 aliphatic carbocycles. The third kappa shape index (κ3) is 3.37. The van der Waals surface area contributed by atoms with Crippen molar-refractivity contribution in [3.8, 4) is 5.88 Å². The summed E-state index contributed by atoms with van der Waals surface area (Å²) in [6.07, 6.45) is 1.22. The Bertz CT molecular complexity index is 1090. The van der Waals surface area contributed by atoms with Crippen molar-refractivity contribution < 1.29 is 13.5 Å². The van der Waals surface area contributed by atoms with Crippen molar-refractivity contribution in [3.05, 3.63) is 70.5 Å². The summed E-state index contributed by atoms with van der Waals surface area (Å²) in [5.74, 6) is -0.557. The van der Waals surface area contributed by atoms with Gasteiger partial charge in [-0.3, -0.25) is 9.36 Å². The van der Waals surface area contributed by atoms with Gasteiger partial charge in [-0.1, -0.05) is 61.9 Å². The molecule has 0 radical (unpaired) electrons. The highest BCUT2D eigenvalue weighted by molar-refractivity contribution is 7.91. The summed E-state index contributed by atoms with van der Waals surface area (Å²) < 4.78 is 26.9. The first-order chi connectivity index (χ1) is 12.5. The molecule has 0 atom stereocenters. The molecule has 2 aromatic carbocycles. The average molecular weight is 371 g/mol. The molecule has 136 valence electrons. The number of hydrogen-bond acceptors (Lipinski definition) is 4. The molecule has 0 bridgehead atoms. The molecule has 0 fully saturated rings. The van der Waals surface area contributed by atoms with Crippen LogP contribution in [0.4, 0.5) is 0 Å². The zero-order valence-corrected chi connectivity index (χ0v) is 15.4. The SMILES string of the molecule is CCCCS(=O)(=O)c1c(O)n(Cc2ccccc2)c(=O)c2ccccc12. The lowest BCUT2D eigenvalue weighted by Crippen LogP contribution is -2.24. The zero-order chi connectivity index (χ0) is 18.7. The molecule has 3 rings (SSSR count). The third-order valence-corrected chi connectivity index (χ3v) is 6.22. The zero-order valence-electron chi connectivity index (χ0n) is 14.6. The number of nitrogens with zero attached hydrogens (tertiary/aromatic N) is 1. The molecule has 5 nitrogen and oxygen atoms in total. The van der Waals surface area contributed by atoms with E-state index >= 15 is 0 Å². The van der Waals surface area contributed by atoms with Gasteiger partial charge in [0.25, 0.3) is 5.56 Å². The summed E-state index contributed by atoms with van der Waals surface area (Å²) in [6.45, 7) is 2.01. The number of sulfone groups is 1. The van der Waals surface area contributed by atoms with Gasteiger partial charge in [-0.15, -0.1) is 0 Å². The fourth-order valence-electron chi connectivity index (χ4n) is 3.01. The van der Waals surface area contributed by atoms with E-state index in [2.05, 4.69) is 0 Å². The first kappa shape index (κ1) is 18.2. The van der Waals surface area contributed by atoms with Gasteiger partial charge in [0.05, 0.1) is 12.3 Å². The molecule has 0 unspecified atom stereocenters. The molecule has 1 N–H and O–H groups in total. The second-order valence-corrected chi connectivity index (χ2v) is 8.29. The summed E-state index contributed by atoms with van der Waals surface area (Å²) >= 11 is 0. The van der Waals surface area contributed by atoms with Crippen molar-refractivity contribution in [1.82, 2.24) is 4.57 Å². The standard InChI is InChI=1S/C20H21NO4S/c1-2-3-13-26(24,25)18-16-11-7-8-12-17(16)19(22)21(20(18)23)14-15-9-5-4-6-10-15/h4-12,23H,2-3,13-14H2,1H3. The van der Waals surface area contributed by atoms with Gasteiger partial charge in [-0.2, -0.15) is 0 Å². The lowest BCUT2D eigenvalue weighted by molar-refractivity contribution is 0.401. The molecule has 6 heteroatoms. The van der Waals surface area contributed by atoms with Gasteiger partial charge < -0.3 is 5.11 Å². The van der Waals surface area contributed by atoms with Crippen LogP contribution >= 0.6 is 0 Å². The van der Waals surface area contributed by atoms with Crippen molar-refractivity contribution in [3.63, 3.8) is 0 Å². The van der Waals surface area contributed by atoms with Gasteiger partial charge in [-0.25, -0.2) is 8.42 Å². The highest BCUT2D eigenvalue weighted by Gasteiger charge is 2.26. The minimum absolute atomic E-state index is 0.0649. The van der Waals surface area contributed by atoms with Crippen molar-refractivity contribution in [2.75, 3.05) is 5.75 Å². The van der Waals surface area contributed by atoms with E-state index in [-0.39, 0.29) is 28.0 Å². The fourth-order valence-corrected chi connectivity index (χ4v) is 4.78. The Morgan fingerprint density at radius 3 is 2.23 bits per heavy atom. The van der Waals surface area contributed by atoms with Crippen LogP contribution in [0.15, 0.2) is 64.3 Å². The second kappa shape index (κ2) is 7.33. The highest BCUT2D eigenvalue weighted by atomic mass is 32.2. The molecule has 0 saturated heterocycles. The molecular formula is C20H21NO4S. The van der Waals surface area contributed by atoms with Gasteiger partial charge in [0.2, 0.25) is 5.88 Å². The maximum absolute atomic E-state index is 12.9. The van der Waals surface area contributed by atoms with E-state index in [4.69, 9.17) is 0 Å². The quantitative estimate of drug-likeness (QED) is 0.721. The summed E-state index contributed by atoms with van der Waals surface area (Å²) in [7, 11) is -3.72. The van der Waals surface area contributed by atoms with Gasteiger partial charge >= 0.3 is 0 Å². The van der Waals surface area contributed by atoms with E-state index in [0.717, 1.165) is 16.6 Å². The Labute approximate surface area is 152 Å². The Morgan fingerprint density at radius 2 is 1.58 bits per heavy atom. The van der Waals surface area contributed by atoms with E-state index in [1.54, 1.807) is 24.3 Å². The van der Waals surface area contributed by atoms with Crippen LogP contribution in [0.1, 0.15) is 25.3 Å². The number of aromatic hydroxyl groups is 1. The summed E-state index contributed by atoms with van der Waals surface area (Å²) in [6, 6.07) is 15.7. The minimum atomic E-state index is -3.72. The number of rotatable bonds is 6. The first-order valence-electron chi connectivity index (χ1n) is 8.57. The van der Waals surface area contributed by atoms with Gasteiger partial charge in [0.1, 0.15) is 4.90 Å². The summed E-state index contributed by atoms with van der Waals surface area (Å²) in [4.78, 5) is 12.7. The van der Waals surface area contributed by atoms with Crippen LogP contribution in [0.25, 0.3) is 10.8 Å². The Morgan fingerprint density at radius 1 is 0.962 bits per heavy atom. The summed E-state index contributed by atoms with van der Waals surface area (Å²) in [5, 5.41) is 11.3. The molecule has 3 aromatic rings. The molecule has 0 saturated carbocycles. The predicted octanol–water partition coefficient (Wildman–Crippen LogP) is 3.33. The molecule has 0 amide bonds. The van der Waals surface area contributed by atoms with Crippen LogP contribution in [0.2, 0.25) is 0 Å². The van der Waals surface area contributed by atoms with E-state index in [0.29, 0.717) is 6.42 Å². The summed E-state index contributed by atoms with van der Waals surface area (Å²) in [5.41, 5.74) is 0.397. The molecule has 1 aromatic heterocycles. The largest absolute Gasteiger partial charge is 0.493 e. The second-order valence-electron chi connectivity index (χ2n) is 6.25. The third-order valence-electron chi connectivity index (χ3n) is 4.37. The normalized spacial score (nSPS) is 11.7. The van der Waals surface area contributed by atoms with E-state index in [1.165, 1.54) is 0 Å². The average Bonchev–Trinajstić information content (AvgIpc) is 2.64. The molecule has 26 heavy (non-hydrogen) atoms. The van der Waals surface area contributed by atoms with Crippen molar-refractivity contribution in [1.29, 1.82) is 0 Å². The maximum atomic E-state index is 12.9. The van der Waals surface area contributed by atoms with E-state index in [1.807, 2.05) is 37.3 Å². The van der Waals surface area contributed by atoms with Crippen LogP contribution < -0.4 is 5.56 Å². The number of hydrogen-bond donors (Lipinski definition) is 1. The first-order valence-corrected chi connectivity index (χ1v) is 10.2. The van der Waals surface area contributed by atoms with Gasteiger partial charge in [-0.05, 0) is 18.1 Å². The number of fused-ring (bicyclic) bond motifs is 1. The highest BCUT2D eigenvalue weighted by Crippen LogP contribution is 2.31. The number of unbranched alkanes of at least 4 members (excludes halogenated alkanes) is 1. The predicted molar refractivity (Wildman–Crippen MR) is 102 cm³/mol. The molecule has 0 spiro atoms. The lowest BCUT2D eigenvalue weighted by Gasteiger charge is -2.16. The topological polar surface area (TPSA) is 76.4 Å². The van der Waals surface area contributed by atoms with Crippen molar-refractivity contribution >= 4 is 20.6 Å². The van der Waals surface area contributed by atoms with E-state index < -0.39 is 21.3 Å². The fraction of sp³-hybridized carbons (Fsp3) is 0.250. The Hall–Kier alpha value is -2.60. The van der Waals surface area contributed by atoms with Crippen molar-refractivity contribution in [2.45, 2.75) is 31.2 Å². The molecular weight excluding hydrogens is 350 g/mol. The van der Waals surface area contributed by atoms with Gasteiger partial charge in [0.15, 0.2) is 9.84 Å². The van der Waals surface area contributed by atoms with Crippen LogP contribution in [0.3, 0.4) is 0 Å². The monoisotopic (exact) mass is 371 g/mol. The van der Waals surface area contributed by atoms with Crippen LogP contribution in [0, 0.1) is 0 Å². The minimum Gasteiger partial charge on any atom is -0.493 e. The Kier molecular flexibility index (Phi) is 5.13. The van der Waals surface area contributed by atoms with Gasteiger partial charge in [0, 0.05) is 10.8 Å². The van der Waals surface area contributed by atoms with Crippen molar-refractivity contribution in [2.24, 2.45) is 0 Å². The number of pyridine rings is 1. The van der Waals surface area contributed by atoms with E-state index in [9.17, 15) is 18.3 Å². The molecule has 1 heterocycles. The number of benzene rings is 2. The van der Waals surface area contributed by atoms with Crippen LogP contribution in [-0.2, 0) is 16.4 Å². The molecule has 0 aliphatic heterocycles. The lowest BCUT2D eigenvalue weighted by atomic mass is 10.1. The number of aromatic nitrogens is 1. The van der Waals surface area contributed by atoms with Crippen LogP contribution in [-0.4, -0.2) is 23.8 Å². The Balaban J connectivity index is 2.28. The van der Waals surface area contributed by atoms with Crippen LogP contribution in [0.5, 0.6) is 5.88 Å². The maximum Gasteiger partial charge on any atom is 0.261 e.